The first-order valence-corrected chi connectivity index (χ1v) is 5.03. The summed E-state index contributed by atoms with van der Waals surface area (Å²) in [5.41, 5.74) is -3.70. The highest BCUT2D eigenvalue weighted by molar-refractivity contribution is 5.35. The molecule has 0 bridgehead atoms. The van der Waals surface area contributed by atoms with Crippen molar-refractivity contribution in [3.63, 3.8) is 0 Å². The van der Waals surface area contributed by atoms with Crippen LogP contribution in [-0.4, -0.2) is 16.9 Å². The summed E-state index contributed by atoms with van der Waals surface area (Å²) in [6.07, 6.45) is -8.24. The van der Waals surface area contributed by atoms with E-state index >= 15 is 0 Å². The Morgan fingerprint density at radius 3 is 1.94 bits per heavy atom. The topological polar surface area (TPSA) is 27.1 Å². The highest BCUT2D eigenvalue weighted by Crippen LogP contribution is 2.43. The summed E-state index contributed by atoms with van der Waals surface area (Å²) in [4.78, 5) is 0. The molecule has 18 heavy (non-hydrogen) atoms. The molecule has 0 saturated heterocycles. The van der Waals surface area contributed by atoms with E-state index in [4.69, 9.17) is 0 Å². The molecule has 1 aromatic rings. The van der Waals surface area contributed by atoms with E-state index < -0.39 is 35.3 Å². The summed E-state index contributed by atoms with van der Waals surface area (Å²) >= 11 is 0. The molecule has 0 aliphatic rings. The summed E-state index contributed by atoms with van der Waals surface area (Å²) in [6, 6.07) is 0. The van der Waals surface area contributed by atoms with Crippen LogP contribution in [0.5, 0.6) is 5.88 Å². The van der Waals surface area contributed by atoms with Gasteiger partial charge in [-0.3, -0.25) is 4.68 Å². The molecular weight excluding hydrogens is 259 g/mol. The van der Waals surface area contributed by atoms with Gasteiger partial charge in [-0.1, -0.05) is 0 Å². The smallest absolute Gasteiger partial charge is 0.423 e. The Morgan fingerprint density at radius 2 is 1.67 bits per heavy atom. The highest BCUT2D eigenvalue weighted by Gasteiger charge is 2.45. The zero-order valence-corrected chi connectivity index (χ0v) is 10.3. The van der Waals surface area contributed by atoms with Gasteiger partial charge in [0.25, 0.3) is 6.43 Å². The van der Waals surface area contributed by atoms with Gasteiger partial charge in [0.15, 0.2) is 0 Å². The van der Waals surface area contributed by atoms with Crippen molar-refractivity contribution in [3.05, 3.63) is 11.3 Å². The van der Waals surface area contributed by atoms with E-state index in [1.807, 2.05) is 0 Å². The summed E-state index contributed by atoms with van der Waals surface area (Å²) in [6.45, 7) is 4.43. The van der Waals surface area contributed by atoms with E-state index in [9.17, 15) is 22.0 Å². The van der Waals surface area contributed by atoms with Gasteiger partial charge in [-0.25, -0.2) is 8.78 Å². The third-order valence-corrected chi connectivity index (χ3v) is 2.21. The van der Waals surface area contributed by atoms with Crippen molar-refractivity contribution in [3.8, 4) is 5.88 Å². The average molecular weight is 272 g/mol. The van der Waals surface area contributed by atoms with Crippen LogP contribution in [0.15, 0.2) is 0 Å². The van der Waals surface area contributed by atoms with Crippen LogP contribution in [0.2, 0.25) is 0 Å². The van der Waals surface area contributed by atoms with Gasteiger partial charge in [-0.2, -0.15) is 13.2 Å². The van der Waals surface area contributed by atoms with Gasteiger partial charge in [0.2, 0.25) is 5.88 Å². The molecule has 0 fully saturated rings. The van der Waals surface area contributed by atoms with Crippen molar-refractivity contribution < 1.29 is 26.7 Å². The fourth-order valence-electron chi connectivity index (χ4n) is 1.53. The Kier molecular flexibility index (Phi) is 3.60. The van der Waals surface area contributed by atoms with Crippen LogP contribution in [-0.2, 0) is 11.7 Å². The highest BCUT2D eigenvalue weighted by atomic mass is 19.4. The van der Waals surface area contributed by atoms with Crippen molar-refractivity contribution in [2.75, 3.05) is 7.11 Å². The van der Waals surface area contributed by atoms with Gasteiger partial charge >= 0.3 is 6.18 Å². The predicted molar refractivity (Wildman–Crippen MR) is 53.7 cm³/mol. The van der Waals surface area contributed by atoms with E-state index in [0.717, 1.165) is 7.11 Å². The van der Waals surface area contributed by atoms with Crippen LogP contribution in [0, 0.1) is 0 Å². The molecule has 3 nitrogen and oxygen atoms in total. The summed E-state index contributed by atoms with van der Waals surface area (Å²) in [5, 5.41) is 3.48. The zero-order valence-electron chi connectivity index (χ0n) is 10.3. The molecule has 104 valence electrons. The predicted octanol–water partition coefficient (Wildman–Crippen LogP) is 3.60. The lowest BCUT2D eigenvalue weighted by molar-refractivity contribution is -0.140. The van der Waals surface area contributed by atoms with Crippen molar-refractivity contribution in [2.24, 2.45) is 0 Å². The van der Waals surface area contributed by atoms with Gasteiger partial charge in [0.05, 0.1) is 12.6 Å². The van der Waals surface area contributed by atoms with Gasteiger partial charge in [-0.05, 0) is 20.8 Å². The van der Waals surface area contributed by atoms with Crippen molar-refractivity contribution in [1.29, 1.82) is 0 Å². The summed E-state index contributed by atoms with van der Waals surface area (Å²) < 4.78 is 69.2. The second-order valence-corrected chi connectivity index (χ2v) is 4.65. The average Bonchev–Trinajstić information content (AvgIpc) is 2.54. The minimum Gasteiger partial charge on any atom is -0.479 e. The van der Waals surface area contributed by atoms with Crippen LogP contribution in [0.3, 0.4) is 0 Å². The largest absolute Gasteiger partial charge is 0.479 e. The molecule has 1 heterocycles. The summed E-state index contributed by atoms with van der Waals surface area (Å²) in [7, 11) is 0.958. The molecule has 0 spiro atoms. The lowest BCUT2D eigenvalue weighted by atomic mass is 10.1. The van der Waals surface area contributed by atoms with Crippen molar-refractivity contribution in [1.82, 2.24) is 9.78 Å². The molecule has 0 aromatic carbocycles. The van der Waals surface area contributed by atoms with Gasteiger partial charge in [0, 0.05) is 0 Å². The Morgan fingerprint density at radius 1 is 1.17 bits per heavy atom. The van der Waals surface area contributed by atoms with Crippen LogP contribution in [0.1, 0.15) is 38.5 Å². The van der Waals surface area contributed by atoms with Gasteiger partial charge in [0.1, 0.15) is 11.3 Å². The monoisotopic (exact) mass is 272 g/mol. The second-order valence-electron chi connectivity index (χ2n) is 4.65. The molecule has 1 rings (SSSR count). The van der Waals surface area contributed by atoms with Gasteiger partial charge in [-0.15, -0.1) is 5.10 Å². The van der Waals surface area contributed by atoms with Crippen LogP contribution >= 0.6 is 0 Å². The minimum absolute atomic E-state index is 0.652. The number of methoxy groups -OCH3 is 1. The lowest BCUT2D eigenvalue weighted by Gasteiger charge is -2.22. The van der Waals surface area contributed by atoms with Crippen LogP contribution < -0.4 is 4.74 Å². The summed E-state index contributed by atoms with van der Waals surface area (Å²) in [5.74, 6) is -0.840. The number of hydrogen-bond acceptors (Lipinski definition) is 2. The number of ether oxygens (including phenoxy) is 1. The van der Waals surface area contributed by atoms with E-state index in [1.165, 1.54) is 20.8 Å². The fourth-order valence-corrected chi connectivity index (χ4v) is 1.53. The third kappa shape index (κ3) is 2.56. The first kappa shape index (κ1) is 14.7. The molecule has 1 aromatic heterocycles. The van der Waals surface area contributed by atoms with E-state index in [-0.39, 0.29) is 0 Å². The number of hydrogen-bond donors (Lipinski definition) is 0. The Labute approximate surface area is 101 Å². The van der Waals surface area contributed by atoms with Gasteiger partial charge < -0.3 is 4.74 Å². The molecule has 0 unspecified atom stereocenters. The molecule has 8 heteroatoms. The SMILES string of the molecule is COc1nn(C(C)(C)C)c(C(F)F)c1C(F)(F)F. The molecular formula is C10H13F5N2O. The molecule has 0 amide bonds. The molecule has 0 saturated carbocycles. The number of halogens is 5. The molecule has 0 N–H and O–H groups in total. The normalized spacial score (nSPS) is 13.2. The number of nitrogens with zero attached hydrogens (tertiary/aromatic N) is 2. The van der Waals surface area contributed by atoms with Crippen molar-refractivity contribution >= 4 is 0 Å². The molecule has 0 aliphatic carbocycles. The number of alkyl halides is 5. The van der Waals surface area contributed by atoms with E-state index in [1.54, 1.807) is 0 Å². The Balaban J connectivity index is 3.63. The second kappa shape index (κ2) is 4.40. The number of rotatable bonds is 2. The van der Waals surface area contributed by atoms with Crippen LogP contribution in [0.25, 0.3) is 0 Å². The van der Waals surface area contributed by atoms with Crippen molar-refractivity contribution in [2.45, 2.75) is 38.9 Å². The maximum atomic E-state index is 12.9. The third-order valence-electron chi connectivity index (χ3n) is 2.21. The first-order valence-electron chi connectivity index (χ1n) is 5.03. The quantitative estimate of drug-likeness (QED) is 0.769. The Hall–Kier alpha value is -1.34. The molecule has 0 atom stereocenters. The van der Waals surface area contributed by atoms with Crippen LogP contribution in [0.4, 0.5) is 22.0 Å². The minimum atomic E-state index is -4.94. The van der Waals surface area contributed by atoms with E-state index in [0.29, 0.717) is 4.68 Å². The fraction of sp³-hybridized carbons (Fsp3) is 0.700. The maximum Gasteiger partial charge on any atom is 0.423 e. The van der Waals surface area contributed by atoms with E-state index in [2.05, 4.69) is 9.84 Å². The zero-order chi connectivity index (χ0) is 14.3. The first-order chi connectivity index (χ1) is 8.00. The lowest BCUT2D eigenvalue weighted by Crippen LogP contribution is -2.26. The maximum absolute atomic E-state index is 12.9. The molecule has 0 radical (unpaired) electrons. The molecule has 0 aliphatic heterocycles. The Bertz CT molecular complexity index is 431. The standard InChI is InChI=1S/C10H13F5N2O/c1-9(2,3)17-6(7(11)12)5(10(13,14)15)8(16-17)18-4/h7H,1-4H3. The number of aromatic nitrogens is 2.